The van der Waals surface area contributed by atoms with Crippen LogP contribution in [-0.2, 0) is 10.0 Å². The Bertz CT molecular complexity index is 759. The third-order valence-electron chi connectivity index (χ3n) is 3.14. The largest absolute Gasteiger partial charge is 0.508 e. The molecule has 0 bridgehead atoms. The molecule has 0 fully saturated rings. The predicted molar refractivity (Wildman–Crippen MR) is 85.7 cm³/mol. The summed E-state index contributed by atoms with van der Waals surface area (Å²) >= 11 is 3.28. The van der Waals surface area contributed by atoms with Gasteiger partial charge in [0.25, 0.3) is 0 Å². The van der Waals surface area contributed by atoms with E-state index in [1.165, 1.54) is 0 Å². The number of hydrogen-bond donors (Lipinski definition) is 2. The number of benzene rings is 2. The van der Waals surface area contributed by atoms with Crippen molar-refractivity contribution in [2.24, 2.45) is 0 Å². The molecule has 0 radical (unpaired) electrons. The van der Waals surface area contributed by atoms with Gasteiger partial charge in [-0.15, -0.1) is 0 Å². The van der Waals surface area contributed by atoms with Gasteiger partial charge in [-0.2, -0.15) is 0 Å². The molecule has 0 spiro atoms. The molecule has 0 aliphatic rings. The Morgan fingerprint density at radius 3 is 2.57 bits per heavy atom. The SMILES string of the molecule is Cc1ccc(Br)cc1S(=O)(=O)NC(C)c1cccc(O)c1. The fourth-order valence-corrected chi connectivity index (χ4v) is 4.04. The Balaban J connectivity index is 2.31. The molecular weight excluding hydrogens is 354 g/mol. The van der Waals surface area contributed by atoms with Gasteiger partial charge < -0.3 is 5.11 Å². The Morgan fingerprint density at radius 2 is 1.90 bits per heavy atom. The van der Waals surface area contributed by atoms with Crippen LogP contribution >= 0.6 is 15.9 Å². The Labute approximate surface area is 133 Å². The summed E-state index contributed by atoms with van der Waals surface area (Å²) in [6.07, 6.45) is 0. The Hall–Kier alpha value is -1.37. The third-order valence-corrected chi connectivity index (χ3v) is 5.32. The van der Waals surface area contributed by atoms with E-state index in [4.69, 9.17) is 0 Å². The molecule has 2 aromatic carbocycles. The lowest BCUT2D eigenvalue weighted by Gasteiger charge is -2.16. The standard InChI is InChI=1S/C15H16BrNO3S/c1-10-6-7-13(16)9-15(10)21(19,20)17-11(2)12-4-3-5-14(18)8-12/h3-9,11,17-18H,1-2H3. The molecule has 2 rings (SSSR count). The molecule has 0 saturated heterocycles. The Kier molecular flexibility index (Phi) is 4.70. The minimum absolute atomic E-state index is 0.109. The first-order valence-electron chi connectivity index (χ1n) is 6.37. The van der Waals surface area contributed by atoms with Crippen molar-refractivity contribution < 1.29 is 13.5 Å². The number of halogens is 1. The van der Waals surface area contributed by atoms with E-state index in [-0.39, 0.29) is 10.6 Å². The number of hydrogen-bond acceptors (Lipinski definition) is 3. The number of aryl methyl sites for hydroxylation is 1. The summed E-state index contributed by atoms with van der Waals surface area (Å²) in [5.74, 6) is 0.109. The summed E-state index contributed by atoms with van der Waals surface area (Å²) in [6, 6.07) is 11.2. The molecule has 0 aliphatic heterocycles. The van der Waals surface area contributed by atoms with E-state index in [9.17, 15) is 13.5 Å². The minimum Gasteiger partial charge on any atom is -0.508 e. The van der Waals surface area contributed by atoms with Crippen molar-refractivity contribution in [3.05, 3.63) is 58.1 Å². The van der Waals surface area contributed by atoms with E-state index in [2.05, 4.69) is 20.7 Å². The van der Waals surface area contributed by atoms with Crippen molar-refractivity contribution in [3.8, 4) is 5.75 Å². The van der Waals surface area contributed by atoms with E-state index < -0.39 is 16.1 Å². The maximum atomic E-state index is 12.5. The van der Waals surface area contributed by atoms with Gasteiger partial charge in [0.1, 0.15) is 5.75 Å². The Morgan fingerprint density at radius 1 is 1.19 bits per heavy atom. The van der Waals surface area contributed by atoms with Crippen molar-refractivity contribution in [1.29, 1.82) is 0 Å². The van der Waals surface area contributed by atoms with Crippen LogP contribution in [0.4, 0.5) is 0 Å². The third kappa shape index (κ3) is 3.84. The second kappa shape index (κ2) is 6.17. The lowest BCUT2D eigenvalue weighted by molar-refractivity contribution is 0.473. The summed E-state index contributed by atoms with van der Waals surface area (Å²) in [6.45, 7) is 3.49. The van der Waals surface area contributed by atoms with Gasteiger partial charge in [-0.25, -0.2) is 13.1 Å². The zero-order chi connectivity index (χ0) is 15.6. The van der Waals surface area contributed by atoms with Crippen LogP contribution < -0.4 is 4.72 Å². The van der Waals surface area contributed by atoms with Gasteiger partial charge in [0.15, 0.2) is 0 Å². The van der Waals surface area contributed by atoms with Gasteiger partial charge >= 0.3 is 0 Å². The van der Waals surface area contributed by atoms with Crippen molar-refractivity contribution >= 4 is 26.0 Å². The predicted octanol–water partition coefficient (Wildman–Crippen LogP) is 3.50. The summed E-state index contributed by atoms with van der Waals surface area (Å²) in [5.41, 5.74) is 1.38. The molecule has 0 saturated carbocycles. The number of phenolic OH excluding ortho intramolecular Hbond substituents is 1. The van der Waals surface area contributed by atoms with Crippen LogP contribution in [0.25, 0.3) is 0 Å². The van der Waals surface area contributed by atoms with Crippen LogP contribution in [0.2, 0.25) is 0 Å². The molecule has 1 atom stereocenters. The van der Waals surface area contributed by atoms with Gasteiger partial charge in [-0.1, -0.05) is 34.1 Å². The van der Waals surface area contributed by atoms with Crippen molar-refractivity contribution in [2.45, 2.75) is 24.8 Å². The summed E-state index contributed by atoms with van der Waals surface area (Å²) < 4.78 is 28.3. The first kappa shape index (κ1) is 16.0. The van der Waals surface area contributed by atoms with E-state index >= 15 is 0 Å². The van der Waals surface area contributed by atoms with Gasteiger partial charge in [0.05, 0.1) is 4.90 Å². The molecule has 2 N–H and O–H groups in total. The summed E-state index contributed by atoms with van der Waals surface area (Å²) in [5, 5.41) is 9.47. The molecule has 0 amide bonds. The number of sulfonamides is 1. The van der Waals surface area contributed by atoms with E-state index in [0.29, 0.717) is 15.6 Å². The molecule has 0 heterocycles. The number of phenols is 1. The molecule has 0 aliphatic carbocycles. The number of rotatable bonds is 4. The fourth-order valence-electron chi connectivity index (χ4n) is 2.02. The topological polar surface area (TPSA) is 66.4 Å². The fraction of sp³-hybridized carbons (Fsp3) is 0.200. The maximum Gasteiger partial charge on any atom is 0.241 e. The monoisotopic (exact) mass is 369 g/mol. The lowest BCUT2D eigenvalue weighted by atomic mass is 10.1. The molecule has 0 aromatic heterocycles. The van der Waals surface area contributed by atoms with Crippen LogP contribution in [0.15, 0.2) is 51.8 Å². The summed E-state index contributed by atoms with van der Waals surface area (Å²) in [7, 11) is -3.64. The van der Waals surface area contributed by atoms with E-state index in [1.54, 1.807) is 56.3 Å². The van der Waals surface area contributed by atoms with Crippen molar-refractivity contribution in [3.63, 3.8) is 0 Å². The highest BCUT2D eigenvalue weighted by atomic mass is 79.9. The average Bonchev–Trinajstić information content (AvgIpc) is 2.41. The molecular formula is C15H16BrNO3S. The highest BCUT2D eigenvalue weighted by Crippen LogP contribution is 2.24. The van der Waals surface area contributed by atoms with Crippen LogP contribution in [0.1, 0.15) is 24.1 Å². The van der Waals surface area contributed by atoms with Crippen LogP contribution in [0, 0.1) is 6.92 Å². The highest BCUT2D eigenvalue weighted by Gasteiger charge is 2.20. The minimum atomic E-state index is -3.64. The molecule has 6 heteroatoms. The lowest BCUT2D eigenvalue weighted by Crippen LogP contribution is -2.27. The summed E-state index contributed by atoms with van der Waals surface area (Å²) in [4.78, 5) is 0.240. The smallest absolute Gasteiger partial charge is 0.241 e. The average molecular weight is 370 g/mol. The zero-order valence-electron chi connectivity index (χ0n) is 11.7. The van der Waals surface area contributed by atoms with Crippen LogP contribution in [0.3, 0.4) is 0 Å². The normalized spacial score (nSPS) is 13.1. The first-order chi connectivity index (χ1) is 9.79. The van der Waals surface area contributed by atoms with Crippen LogP contribution in [0.5, 0.6) is 5.75 Å². The molecule has 4 nitrogen and oxygen atoms in total. The van der Waals surface area contributed by atoms with Crippen molar-refractivity contribution in [1.82, 2.24) is 4.72 Å². The van der Waals surface area contributed by atoms with E-state index in [0.717, 1.165) is 0 Å². The number of nitrogens with one attached hydrogen (secondary N) is 1. The number of aromatic hydroxyl groups is 1. The van der Waals surface area contributed by atoms with Gasteiger partial charge in [-0.05, 0) is 49.2 Å². The highest BCUT2D eigenvalue weighted by molar-refractivity contribution is 9.10. The van der Waals surface area contributed by atoms with Gasteiger partial charge in [0.2, 0.25) is 10.0 Å². The first-order valence-corrected chi connectivity index (χ1v) is 8.64. The molecule has 21 heavy (non-hydrogen) atoms. The zero-order valence-corrected chi connectivity index (χ0v) is 14.1. The maximum absolute atomic E-state index is 12.5. The quantitative estimate of drug-likeness (QED) is 0.866. The molecule has 1 unspecified atom stereocenters. The van der Waals surface area contributed by atoms with Crippen LogP contribution in [-0.4, -0.2) is 13.5 Å². The van der Waals surface area contributed by atoms with Crippen molar-refractivity contribution in [2.75, 3.05) is 0 Å². The van der Waals surface area contributed by atoms with Gasteiger partial charge in [-0.3, -0.25) is 0 Å². The van der Waals surface area contributed by atoms with E-state index in [1.807, 2.05) is 0 Å². The molecule has 112 valence electrons. The second-order valence-corrected chi connectivity index (χ2v) is 7.45. The molecule has 2 aromatic rings. The second-order valence-electron chi connectivity index (χ2n) is 4.85. The van der Waals surface area contributed by atoms with Gasteiger partial charge in [0, 0.05) is 10.5 Å².